The van der Waals surface area contributed by atoms with Crippen molar-refractivity contribution in [2.24, 2.45) is 5.73 Å². The van der Waals surface area contributed by atoms with E-state index in [-0.39, 0.29) is 11.4 Å². The number of H-pyrrole nitrogens is 1. The van der Waals surface area contributed by atoms with Gasteiger partial charge < -0.3 is 11.1 Å². The molecule has 0 atom stereocenters. The number of nitrogens with zero attached hydrogens (tertiary/aromatic N) is 1. The Kier molecular flexibility index (Phi) is 4.90. The number of nitrogens with two attached hydrogens (primary N) is 1. The lowest BCUT2D eigenvalue weighted by atomic mass is 9.93. The molecule has 1 aromatic heterocycles. The number of amides is 1. The van der Waals surface area contributed by atoms with Crippen molar-refractivity contribution in [1.29, 1.82) is 0 Å². The smallest absolute Gasteiger partial charge is 0.272 e. The van der Waals surface area contributed by atoms with Gasteiger partial charge in [-0.2, -0.15) is 5.10 Å². The first-order valence-corrected chi connectivity index (χ1v) is 6.56. The maximum atomic E-state index is 12.1. The number of hydrogen-bond donors (Lipinski definition) is 3. The Morgan fingerprint density at radius 1 is 1.50 bits per heavy atom. The van der Waals surface area contributed by atoms with Crippen LogP contribution in [-0.4, -0.2) is 28.2 Å². The molecule has 0 aliphatic heterocycles. The lowest BCUT2D eigenvalue weighted by Crippen LogP contribution is -2.52. The topological polar surface area (TPSA) is 83.8 Å². The number of carbonyl (C=O) groups excluding carboxylic acids is 1. The second-order valence-corrected chi connectivity index (χ2v) is 5.01. The van der Waals surface area contributed by atoms with Crippen molar-refractivity contribution in [1.82, 2.24) is 15.5 Å². The molecular formula is C13H24N4O. The van der Waals surface area contributed by atoms with Crippen LogP contribution in [0.2, 0.25) is 0 Å². The molecular weight excluding hydrogens is 228 g/mol. The van der Waals surface area contributed by atoms with Gasteiger partial charge >= 0.3 is 0 Å². The summed E-state index contributed by atoms with van der Waals surface area (Å²) in [6.45, 7) is 8.60. The van der Waals surface area contributed by atoms with E-state index >= 15 is 0 Å². The lowest BCUT2D eigenvalue weighted by Gasteiger charge is -2.31. The third-order valence-electron chi connectivity index (χ3n) is 3.58. The summed E-state index contributed by atoms with van der Waals surface area (Å²) in [6, 6.07) is 1.80. The number of nitrogens with one attached hydrogen (secondary N) is 2. The van der Waals surface area contributed by atoms with E-state index in [0.717, 1.165) is 18.5 Å². The quantitative estimate of drug-likeness (QED) is 0.721. The van der Waals surface area contributed by atoms with E-state index in [4.69, 9.17) is 5.73 Å². The number of aromatic amines is 1. The van der Waals surface area contributed by atoms with Crippen LogP contribution in [0.1, 0.15) is 62.6 Å². The Morgan fingerprint density at radius 3 is 2.50 bits per heavy atom. The van der Waals surface area contributed by atoms with Crippen LogP contribution in [0.15, 0.2) is 6.07 Å². The second-order valence-electron chi connectivity index (χ2n) is 5.01. The lowest BCUT2D eigenvalue weighted by molar-refractivity contribution is 0.0890. The minimum atomic E-state index is -0.325. The van der Waals surface area contributed by atoms with Crippen molar-refractivity contribution in [2.75, 3.05) is 6.54 Å². The first-order valence-electron chi connectivity index (χ1n) is 6.56. The van der Waals surface area contributed by atoms with Crippen LogP contribution < -0.4 is 11.1 Å². The van der Waals surface area contributed by atoms with Gasteiger partial charge in [0.15, 0.2) is 0 Å². The highest BCUT2D eigenvalue weighted by Gasteiger charge is 2.27. The van der Waals surface area contributed by atoms with Crippen molar-refractivity contribution in [3.63, 3.8) is 0 Å². The molecule has 0 aromatic carbocycles. The molecule has 102 valence electrons. The Hall–Kier alpha value is -1.36. The van der Waals surface area contributed by atoms with Crippen LogP contribution in [0.25, 0.3) is 0 Å². The number of aromatic nitrogens is 2. The molecule has 0 aliphatic rings. The van der Waals surface area contributed by atoms with E-state index < -0.39 is 0 Å². The number of rotatable bonds is 6. The molecule has 18 heavy (non-hydrogen) atoms. The van der Waals surface area contributed by atoms with Crippen molar-refractivity contribution >= 4 is 5.91 Å². The van der Waals surface area contributed by atoms with Gasteiger partial charge in [0.25, 0.3) is 5.91 Å². The third kappa shape index (κ3) is 3.10. The standard InChI is InChI=1S/C13H24N4O/c1-5-13(6-2,8-14)15-12(18)11-7-10(9(3)4)16-17-11/h7,9H,5-6,8,14H2,1-4H3,(H,15,18)(H,16,17). The molecule has 0 bridgehead atoms. The first kappa shape index (κ1) is 14.7. The zero-order valence-corrected chi connectivity index (χ0v) is 11.7. The fraction of sp³-hybridized carbons (Fsp3) is 0.692. The molecule has 0 unspecified atom stereocenters. The second kappa shape index (κ2) is 6.00. The highest BCUT2D eigenvalue weighted by atomic mass is 16.2. The monoisotopic (exact) mass is 252 g/mol. The predicted molar refractivity (Wildman–Crippen MR) is 72.5 cm³/mol. The van der Waals surface area contributed by atoms with Gasteiger partial charge in [0.2, 0.25) is 0 Å². The first-order chi connectivity index (χ1) is 8.48. The van der Waals surface area contributed by atoms with Gasteiger partial charge in [-0.1, -0.05) is 27.7 Å². The number of hydrogen-bond acceptors (Lipinski definition) is 3. The Labute approximate surface area is 109 Å². The fourth-order valence-electron chi connectivity index (χ4n) is 1.82. The average molecular weight is 252 g/mol. The van der Waals surface area contributed by atoms with Gasteiger partial charge in [-0.05, 0) is 24.8 Å². The van der Waals surface area contributed by atoms with Crippen LogP contribution in [0.3, 0.4) is 0 Å². The summed E-state index contributed by atoms with van der Waals surface area (Å²) >= 11 is 0. The molecule has 1 rings (SSSR count). The SMILES string of the molecule is CCC(CC)(CN)NC(=O)c1cc(C(C)C)[nH]n1. The molecule has 5 nitrogen and oxygen atoms in total. The molecule has 0 saturated carbocycles. The molecule has 0 fully saturated rings. The molecule has 0 aliphatic carbocycles. The van der Waals surface area contributed by atoms with E-state index in [2.05, 4.69) is 29.4 Å². The van der Waals surface area contributed by atoms with E-state index in [1.54, 1.807) is 6.07 Å². The van der Waals surface area contributed by atoms with Gasteiger partial charge in [-0.25, -0.2) is 0 Å². The zero-order chi connectivity index (χ0) is 13.8. The summed E-state index contributed by atoms with van der Waals surface area (Å²) in [4.78, 5) is 12.1. The molecule has 0 radical (unpaired) electrons. The number of carbonyl (C=O) groups is 1. The van der Waals surface area contributed by atoms with Gasteiger partial charge in [0, 0.05) is 12.2 Å². The van der Waals surface area contributed by atoms with Crippen LogP contribution in [0.4, 0.5) is 0 Å². The van der Waals surface area contributed by atoms with Gasteiger partial charge in [0.05, 0.1) is 5.54 Å². The maximum absolute atomic E-state index is 12.1. The summed E-state index contributed by atoms with van der Waals surface area (Å²) in [5.74, 6) is 0.169. The maximum Gasteiger partial charge on any atom is 0.272 e. The minimum absolute atomic E-state index is 0.160. The van der Waals surface area contributed by atoms with Gasteiger partial charge in [-0.3, -0.25) is 9.89 Å². The van der Waals surface area contributed by atoms with E-state index in [1.807, 2.05) is 13.8 Å². The van der Waals surface area contributed by atoms with Gasteiger partial charge in [-0.15, -0.1) is 0 Å². The van der Waals surface area contributed by atoms with Crippen molar-refractivity contribution in [3.8, 4) is 0 Å². The summed E-state index contributed by atoms with van der Waals surface area (Å²) < 4.78 is 0. The van der Waals surface area contributed by atoms with Crippen molar-refractivity contribution in [3.05, 3.63) is 17.5 Å². The molecule has 1 amide bonds. The molecule has 0 spiro atoms. The van der Waals surface area contributed by atoms with E-state index in [1.165, 1.54) is 0 Å². The highest BCUT2D eigenvalue weighted by molar-refractivity contribution is 5.92. The molecule has 5 heteroatoms. The van der Waals surface area contributed by atoms with Crippen molar-refractivity contribution in [2.45, 2.75) is 52.0 Å². The largest absolute Gasteiger partial charge is 0.344 e. The van der Waals surface area contributed by atoms with Crippen molar-refractivity contribution < 1.29 is 4.79 Å². The summed E-state index contributed by atoms with van der Waals surface area (Å²) in [5, 5.41) is 9.93. The highest BCUT2D eigenvalue weighted by Crippen LogP contribution is 2.16. The fourth-order valence-corrected chi connectivity index (χ4v) is 1.82. The molecule has 4 N–H and O–H groups in total. The van der Waals surface area contributed by atoms with E-state index in [9.17, 15) is 4.79 Å². The van der Waals surface area contributed by atoms with Crippen LogP contribution >= 0.6 is 0 Å². The Bertz CT molecular complexity index is 385. The summed E-state index contributed by atoms with van der Waals surface area (Å²) in [7, 11) is 0. The van der Waals surface area contributed by atoms with Gasteiger partial charge in [0.1, 0.15) is 5.69 Å². The van der Waals surface area contributed by atoms with E-state index in [0.29, 0.717) is 18.2 Å². The molecule has 0 saturated heterocycles. The Balaban J connectivity index is 2.80. The zero-order valence-electron chi connectivity index (χ0n) is 11.7. The average Bonchev–Trinajstić information content (AvgIpc) is 2.86. The molecule has 1 heterocycles. The third-order valence-corrected chi connectivity index (χ3v) is 3.58. The predicted octanol–water partition coefficient (Wildman–Crippen LogP) is 1.78. The normalized spacial score (nSPS) is 11.9. The summed E-state index contributed by atoms with van der Waals surface area (Å²) in [6.07, 6.45) is 1.63. The summed E-state index contributed by atoms with van der Waals surface area (Å²) in [5.41, 5.74) is 6.83. The van der Waals surface area contributed by atoms with Crippen LogP contribution in [0, 0.1) is 0 Å². The van der Waals surface area contributed by atoms with Crippen LogP contribution in [-0.2, 0) is 0 Å². The minimum Gasteiger partial charge on any atom is -0.344 e. The Morgan fingerprint density at radius 2 is 2.11 bits per heavy atom. The molecule has 1 aromatic rings. The van der Waals surface area contributed by atoms with Crippen LogP contribution in [0.5, 0.6) is 0 Å².